The maximum atomic E-state index is 12.5. The van der Waals surface area contributed by atoms with Gasteiger partial charge in [-0.05, 0) is 44.5 Å². The van der Waals surface area contributed by atoms with Crippen LogP contribution < -0.4 is 4.72 Å². The molecule has 24 heavy (non-hydrogen) atoms. The normalized spacial score (nSPS) is 11.8. The van der Waals surface area contributed by atoms with E-state index < -0.39 is 10.0 Å². The first-order chi connectivity index (χ1) is 11.4. The lowest BCUT2D eigenvalue weighted by atomic mass is 10.2. The molecule has 0 aliphatic carbocycles. The molecule has 0 saturated heterocycles. The summed E-state index contributed by atoms with van der Waals surface area (Å²) in [5.41, 5.74) is 2.57. The monoisotopic (exact) mass is 362 g/mol. The average Bonchev–Trinajstić information content (AvgIpc) is 3.14. The van der Waals surface area contributed by atoms with Gasteiger partial charge in [0.25, 0.3) is 0 Å². The molecule has 0 bridgehead atoms. The number of aromatic nitrogens is 1. The second-order valence-electron chi connectivity index (χ2n) is 5.60. The molecule has 0 amide bonds. The minimum Gasteiger partial charge on any atom is -0.462 e. The Labute approximate surface area is 145 Å². The predicted molar refractivity (Wildman–Crippen MR) is 94.5 cm³/mol. The van der Waals surface area contributed by atoms with Gasteiger partial charge in [-0.3, -0.25) is 0 Å². The summed E-state index contributed by atoms with van der Waals surface area (Å²) in [6.07, 6.45) is 1.59. The van der Waals surface area contributed by atoms with Crippen molar-refractivity contribution in [1.82, 2.24) is 9.71 Å². The number of furan rings is 1. The largest absolute Gasteiger partial charge is 0.462 e. The molecule has 0 atom stereocenters. The predicted octanol–water partition coefficient (Wildman–Crippen LogP) is 3.81. The molecule has 5 nitrogen and oxygen atoms in total. The third-order valence-corrected chi connectivity index (χ3v) is 6.40. The minimum atomic E-state index is -3.56. The molecule has 2 aromatic heterocycles. The van der Waals surface area contributed by atoms with E-state index in [1.807, 2.05) is 26.0 Å². The highest BCUT2D eigenvalue weighted by atomic mass is 32.2. The van der Waals surface area contributed by atoms with Crippen LogP contribution in [0, 0.1) is 20.8 Å². The molecule has 3 aromatic rings. The molecule has 0 spiro atoms. The Morgan fingerprint density at radius 3 is 2.67 bits per heavy atom. The van der Waals surface area contributed by atoms with Crippen molar-refractivity contribution >= 4 is 21.4 Å². The molecule has 126 valence electrons. The molecule has 3 rings (SSSR count). The van der Waals surface area contributed by atoms with Gasteiger partial charge in [0.1, 0.15) is 0 Å². The van der Waals surface area contributed by atoms with Crippen LogP contribution in [0.3, 0.4) is 0 Å². The van der Waals surface area contributed by atoms with Gasteiger partial charge < -0.3 is 4.42 Å². The van der Waals surface area contributed by atoms with Crippen LogP contribution in [0.15, 0.2) is 45.9 Å². The highest BCUT2D eigenvalue weighted by Crippen LogP contribution is 2.28. The van der Waals surface area contributed by atoms with Gasteiger partial charge in [-0.15, -0.1) is 11.3 Å². The van der Waals surface area contributed by atoms with Crippen molar-refractivity contribution in [2.45, 2.75) is 32.2 Å². The molecule has 0 fully saturated rings. The fraction of sp³-hybridized carbons (Fsp3) is 0.235. The lowest BCUT2D eigenvalue weighted by Crippen LogP contribution is -2.24. The van der Waals surface area contributed by atoms with E-state index in [0.717, 1.165) is 26.7 Å². The van der Waals surface area contributed by atoms with Crippen molar-refractivity contribution in [2.75, 3.05) is 0 Å². The first-order valence-electron chi connectivity index (χ1n) is 7.44. The van der Waals surface area contributed by atoms with E-state index in [-0.39, 0.29) is 6.54 Å². The number of nitrogens with zero attached hydrogens (tertiary/aromatic N) is 1. The van der Waals surface area contributed by atoms with E-state index in [4.69, 9.17) is 4.42 Å². The number of aryl methyl sites for hydroxylation is 3. The van der Waals surface area contributed by atoms with E-state index in [9.17, 15) is 8.42 Å². The highest BCUT2D eigenvalue weighted by molar-refractivity contribution is 7.89. The Bertz CT molecular complexity index is 958. The number of nitrogens with one attached hydrogen (secondary N) is 1. The van der Waals surface area contributed by atoms with Crippen LogP contribution in [-0.2, 0) is 16.6 Å². The van der Waals surface area contributed by atoms with Gasteiger partial charge in [0, 0.05) is 11.4 Å². The number of thiazole rings is 1. The zero-order chi connectivity index (χ0) is 17.3. The maximum Gasteiger partial charge on any atom is 0.241 e. The third kappa shape index (κ3) is 3.43. The molecule has 0 aliphatic rings. The van der Waals surface area contributed by atoms with Crippen molar-refractivity contribution in [1.29, 1.82) is 0 Å². The third-order valence-electron chi connectivity index (χ3n) is 3.67. The van der Waals surface area contributed by atoms with Crippen LogP contribution in [0.25, 0.3) is 10.8 Å². The summed E-state index contributed by atoms with van der Waals surface area (Å²) in [6, 6.07) is 8.94. The van der Waals surface area contributed by atoms with Crippen molar-refractivity contribution in [3.05, 3.63) is 58.3 Å². The zero-order valence-electron chi connectivity index (χ0n) is 13.7. The second-order valence-corrected chi connectivity index (χ2v) is 8.42. The average molecular weight is 362 g/mol. The van der Waals surface area contributed by atoms with Crippen LogP contribution in [0.4, 0.5) is 0 Å². The molecule has 0 radical (unpaired) electrons. The Morgan fingerprint density at radius 1 is 1.21 bits per heavy atom. The molecule has 0 unspecified atom stereocenters. The fourth-order valence-corrected chi connectivity index (χ4v) is 4.72. The molecule has 1 N–H and O–H groups in total. The van der Waals surface area contributed by atoms with Crippen molar-refractivity contribution < 1.29 is 12.8 Å². The second kappa shape index (κ2) is 6.51. The molecule has 7 heteroatoms. The highest BCUT2D eigenvalue weighted by Gasteiger charge is 2.18. The van der Waals surface area contributed by atoms with Crippen molar-refractivity contribution in [3.63, 3.8) is 0 Å². The lowest BCUT2D eigenvalue weighted by Gasteiger charge is -2.09. The Kier molecular flexibility index (Phi) is 4.58. The topological polar surface area (TPSA) is 72.2 Å². The van der Waals surface area contributed by atoms with Crippen LogP contribution in [0.5, 0.6) is 0 Å². The lowest BCUT2D eigenvalue weighted by molar-refractivity contribution is 0.580. The summed E-state index contributed by atoms with van der Waals surface area (Å²) >= 11 is 1.43. The van der Waals surface area contributed by atoms with Gasteiger partial charge >= 0.3 is 0 Å². The Balaban J connectivity index is 1.80. The maximum absolute atomic E-state index is 12.5. The van der Waals surface area contributed by atoms with Gasteiger partial charge in [0.2, 0.25) is 10.0 Å². The van der Waals surface area contributed by atoms with E-state index >= 15 is 0 Å². The first kappa shape index (κ1) is 16.9. The quantitative estimate of drug-likeness (QED) is 0.749. The van der Waals surface area contributed by atoms with Crippen LogP contribution in [0.2, 0.25) is 0 Å². The van der Waals surface area contributed by atoms with Crippen molar-refractivity contribution in [3.8, 4) is 10.8 Å². The summed E-state index contributed by atoms with van der Waals surface area (Å²) in [4.78, 5) is 5.62. The smallest absolute Gasteiger partial charge is 0.241 e. The summed E-state index contributed by atoms with van der Waals surface area (Å²) in [7, 11) is -3.56. The number of rotatable bonds is 5. The number of benzene rings is 1. The SMILES string of the molecule is Cc1ccc(S(=O)(=O)NCc2sc(-c3ccco3)nc2C)c(C)c1. The van der Waals surface area contributed by atoms with E-state index in [2.05, 4.69) is 9.71 Å². The standard InChI is InChI=1S/C17H18N2O3S2/c1-11-6-7-16(12(2)9-11)24(20,21)18-10-15-13(3)19-17(23-15)14-5-4-8-22-14/h4-9,18H,10H2,1-3H3. The summed E-state index contributed by atoms with van der Waals surface area (Å²) in [6.45, 7) is 5.81. The van der Waals surface area contributed by atoms with E-state index in [1.165, 1.54) is 11.3 Å². The molecule has 2 heterocycles. The molecule has 0 saturated carbocycles. The van der Waals surface area contributed by atoms with Gasteiger partial charge in [-0.2, -0.15) is 0 Å². The van der Waals surface area contributed by atoms with Gasteiger partial charge in [0.15, 0.2) is 10.8 Å². The number of hydrogen-bond acceptors (Lipinski definition) is 5. The summed E-state index contributed by atoms with van der Waals surface area (Å²) in [5, 5.41) is 0.748. The molecular formula is C17H18N2O3S2. The minimum absolute atomic E-state index is 0.208. The van der Waals surface area contributed by atoms with Gasteiger partial charge in [0.05, 0.1) is 16.9 Å². The Morgan fingerprint density at radius 2 is 2.00 bits per heavy atom. The van der Waals surface area contributed by atoms with Crippen LogP contribution in [0.1, 0.15) is 21.7 Å². The molecular weight excluding hydrogens is 344 g/mol. The number of hydrogen-bond donors (Lipinski definition) is 1. The molecule has 0 aliphatic heterocycles. The van der Waals surface area contributed by atoms with Gasteiger partial charge in [-0.1, -0.05) is 17.7 Å². The van der Waals surface area contributed by atoms with Crippen LogP contribution in [-0.4, -0.2) is 13.4 Å². The van der Waals surface area contributed by atoms with Gasteiger partial charge in [-0.25, -0.2) is 18.1 Å². The fourth-order valence-electron chi connectivity index (χ4n) is 2.44. The van der Waals surface area contributed by atoms with E-state index in [0.29, 0.717) is 10.7 Å². The number of sulfonamides is 1. The summed E-state index contributed by atoms with van der Waals surface area (Å²) in [5.74, 6) is 0.687. The van der Waals surface area contributed by atoms with Crippen molar-refractivity contribution in [2.24, 2.45) is 0 Å². The molecule has 1 aromatic carbocycles. The van der Waals surface area contributed by atoms with E-state index in [1.54, 1.807) is 31.4 Å². The Hall–Kier alpha value is -1.96. The zero-order valence-corrected chi connectivity index (χ0v) is 15.3. The first-order valence-corrected chi connectivity index (χ1v) is 9.74. The van der Waals surface area contributed by atoms with Crippen LogP contribution >= 0.6 is 11.3 Å². The summed E-state index contributed by atoms with van der Waals surface area (Å²) < 4.78 is 33.1.